The minimum absolute atomic E-state index is 0.114. The molecule has 0 radical (unpaired) electrons. The SMILES string of the molecule is O=C(CN1CCN(CCO)CC1)N[C@H]1CCCN(c2ccccn2)C1. The first-order valence-electron chi connectivity index (χ1n) is 9.25. The van der Waals surface area contributed by atoms with Crippen molar-refractivity contribution in [2.75, 3.05) is 63.9 Å². The van der Waals surface area contributed by atoms with Crippen molar-refractivity contribution in [1.29, 1.82) is 0 Å². The number of amides is 1. The number of rotatable bonds is 6. The molecule has 0 aliphatic carbocycles. The van der Waals surface area contributed by atoms with Crippen molar-refractivity contribution in [2.45, 2.75) is 18.9 Å². The number of piperidine rings is 1. The highest BCUT2D eigenvalue weighted by Gasteiger charge is 2.24. The van der Waals surface area contributed by atoms with Gasteiger partial charge < -0.3 is 15.3 Å². The fraction of sp³-hybridized carbons (Fsp3) is 0.667. The number of carbonyl (C=O) groups is 1. The number of β-amino-alcohol motifs (C(OH)–C–C–N with tert-alkyl or cyclic N) is 1. The van der Waals surface area contributed by atoms with E-state index in [0.29, 0.717) is 6.54 Å². The highest BCUT2D eigenvalue weighted by atomic mass is 16.3. The van der Waals surface area contributed by atoms with Crippen LogP contribution < -0.4 is 10.2 Å². The quantitative estimate of drug-likeness (QED) is 0.741. The largest absolute Gasteiger partial charge is 0.395 e. The third kappa shape index (κ3) is 5.39. The fourth-order valence-corrected chi connectivity index (χ4v) is 3.63. The molecule has 1 atom stereocenters. The second kappa shape index (κ2) is 9.12. The first kappa shape index (κ1) is 18.1. The summed E-state index contributed by atoms with van der Waals surface area (Å²) in [5, 5.41) is 12.2. The van der Waals surface area contributed by atoms with Crippen LogP contribution in [-0.4, -0.2) is 90.8 Å². The maximum atomic E-state index is 12.4. The van der Waals surface area contributed by atoms with E-state index >= 15 is 0 Å². The molecule has 2 aliphatic rings. The third-order valence-corrected chi connectivity index (χ3v) is 5.01. The summed E-state index contributed by atoms with van der Waals surface area (Å²) in [7, 11) is 0. The monoisotopic (exact) mass is 347 g/mol. The summed E-state index contributed by atoms with van der Waals surface area (Å²) in [5.41, 5.74) is 0. The van der Waals surface area contributed by atoms with E-state index in [9.17, 15) is 4.79 Å². The molecule has 25 heavy (non-hydrogen) atoms. The van der Waals surface area contributed by atoms with Gasteiger partial charge in [0.25, 0.3) is 0 Å². The van der Waals surface area contributed by atoms with Gasteiger partial charge in [0.2, 0.25) is 5.91 Å². The zero-order valence-corrected chi connectivity index (χ0v) is 14.8. The lowest BCUT2D eigenvalue weighted by Crippen LogP contribution is -2.53. The van der Waals surface area contributed by atoms with Gasteiger partial charge in [-0.25, -0.2) is 4.98 Å². The highest BCUT2D eigenvalue weighted by molar-refractivity contribution is 5.78. The molecule has 3 rings (SSSR count). The third-order valence-electron chi connectivity index (χ3n) is 5.01. The van der Waals surface area contributed by atoms with Gasteiger partial charge in [0, 0.05) is 58.1 Å². The topological polar surface area (TPSA) is 71.9 Å². The second-order valence-corrected chi connectivity index (χ2v) is 6.88. The number of nitrogens with zero attached hydrogens (tertiary/aromatic N) is 4. The van der Waals surface area contributed by atoms with E-state index in [1.54, 1.807) is 0 Å². The van der Waals surface area contributed by atoms with E-state index in [4.69, 9.17) is 5.11 Å². The molecule has 0 unspecified atom stereocenters. The molecule has 138 valence electrons. The van der Waals surface area contributed by atoms with E-state index in [2.05, 4.69) is 25.0 Å². The Kier molecular flexibility index (Phi) is 6.61. The Labute approximate surface area is 149 Å². The first-order valence-corrected chi connectivity index (χ1v) is 9.25. The fourth-order valence-electron chi connectivity index (χ4n) is 3.63. The number of aromatic nitrogens is 1. The van der Waals surface area contributed by atoms with Gasteiger partial charge in [0.1, 0.15) is 5.82 Å². The van der Waals surface area contributed by atoms with Crippen molar-refractivity contribution in [1.82, 2.24) is 20.1 Å². The van der Waals surface area contributed by atoms with Crippen LogP contribution in [0.1, 0.15) is 12.8 Å². The molecule has 0 bridgehead atoms. The van der Waals surface area contributed by atoms with E-state index in [1.165, 1.54) is 0 Å². The lowest BCUT2D eigenvalue weighted by atomic mass is 10.1. The Bertz CT molecular complexity index is 534. The normalized spacial score (nSPS) is 22.8. The number of piperazine rings is 1. The molecule has 2 saturated heterocycles. The molecule has 1 amide bonds. The van der Waals surface area contributed by atoms with Crippen molar-refractivity contribution in [3.05, 3.63) is 24.4 Å². The van der Waals surface area contributed by atoms with E-state index < -0.39 is 0 Å². The van der Waals surface area contributed by atoms with Crippen LogP contribution in [0, 0.1) is 0 Å². The molecule has 1 aromatic heterocycles. The van der Waals surface area contributed by atoms with Gasteiger partial charge in [0.15, 0.2) is 0 Å². The summed E-state index contributed by atoms with van der Waals surface area (Å²) in [4.78, 5) is 23.5. The Morgan fingerprint density at radius 1 is 1.20 bits per heavy atom. The number of aliphatic hydroxyl groups is 1. The number of pyridine rings is 1. The zero-order chi connectivity index (χ0) is 17.5. The number of aliphatic hydroxyl groups excluding tert-OH is 1. The van der Waals surface area contributed by atoms with Crippen molar-refractivity contribution in [2.24, 2.45) is 0 Å². The van der Waals surface area contributed by atoms with Crippen LogP contribution in [0.2, 0.25) is 0 Å². The minimum Gasteiger partial charge on any atom is -0.395 e. The van der Waals surface area contributed by atoms with E-state index in [1.807, 2.05) is 24.4 Å². The predicted octanol–water partition coefficient (Wildman–Crippen LogP) is -0.223. The summed E-state index contributed by atoms with van der Waals surface area (Å²) in [6, 6.07) is 6.14. The molecule has 2 aliphatic heterocycles. The number of nitrogens with one attached hydrogen (secondary N) is 1. The Balaban J connectivity index is 1.42. The van der Waals surface area contributed by atoms with Crippen LogP contribution in [0.25, 0.3) is 0 Å². The van der Waals surface area contributed by atoms with Crippen molar-refractivity contribution >= 4 is 11.7 Å². The van der Waals surface area contributed by atoms with E-state index in [-0.39, 0.29) is 18.6 Å². The molecule has 0 saturated carbocycles. The maximum Gasteiger partial charge on any atom is 0.234 e. The number of carbonyl (C=O) groups excluding carboxylic acids is 1. The summed E-state index contributed by atoms with van der Waals surface area (Å²) >= 11 is 0. The van der Waals surface area contributed by atoms with Crippen molar-refractivity contribution in [3.8, 4) is 0 Å². The van der Waals surface area contributed by atoms with Crippen LogP contribution in [-0.2, 0) is 4.79 Å². The van der Waals surface area contributed by atoms with Gasteiger partial charge in [-0.05, 0) is 25.0 Å². The first-order chi connectivity index (χ1) is 12.2. The van der Waals surface area contributed by atoms with Gasteiger partial charge in [0.05, 0.1) is 13.2 Å². The number of hydrogen-bond donors (Lipinski definition) is 2. The summed E-state index contributed by atoms with van der Waals surface area (Å²) < 4.78 is 0. The van der Waals surface area contributed by atoms with E-state index in [0.717, 1.165) is 64.5 Å². The number of anilines is 1. The number of hydrogen-bond acceptors (Lipinski definition) is 6. The van der Waals surface area contributed by atoms with Crippen LogP contribution in [0.4, 0.5) is 5.82 Å². The molecular formula is C18H29N5O2. The Morgan fingerprint density at radius 2 is 2.00 bits per heavy atom. The standard InChI is InChI=1S/C18H29N5O2/c24-13-12-21-8-10-22(11-9-21)15-18(25)20-16-4-3-7-23(14-16)17-5-1-2-6-19-17/h1-2,5-6,16,24H,3-4,7-15H2,(H,20,25)/t16-/m0/s1. The van der Waals surface area contributed by atoms with Gasteiger partial charge in [-0.1, -0.05) is 6.07 Å². The van der Waals surface area contributed by atoms with Crippen LogP contribution >= 0.6 is 0 Å². The second-order valence-electron chi connectivity index (χ2n) is 6.88. The molecule has 2 N–H and O–H groups in total. The maximum absolute atomic E-state index is 12.4. The summed E-state index contributed by atoms with van der Waals surface area (Å²) in [6.45, 7) is 6.84. The summed E-state index contributed by atoms with van der Waals surface area (Å²) in [5.74, 6) is 1.10. The molecule has 7 heteroatoms. The Hall–Kier alpha value is -1.70. The van der Waals surface area contributed by atoms with Crippen LogP contribution in [0.5, 0.6) is 0 Å². The predicted molar refractivity (Wildman–Crippen MR) is 97.6 cm³/mol. The highest BCUT2D eigenvalue weighted by Crippen LogP contribution is 2.17. The minimum atomic E-state index is 0.114. The molecule has 1 aromatic rings. The molecular weight excluding hydrogens is 318 g/mol. The Morgan fingerprint density at radius 3 is 2.72 bits per heavy atom. The van der Waals surface area contributed by atoms with Gasteiger partial charge in [-0.15, -0.1) is 0 Å². The average Bonchev–Trinajstić information content (AvgIpc) is 2.64. The average molecular weight is 347 g/mol. The molecule has 2 fully saturated rings. The zero-order valence-electron chi connectivity index (χ0n) is 14.8. The van der Waals surface area contributed by atoms with Crippen molar-refractivity contribution in [3.63, 3.8) is 0 Å². The van der Waals surface area contributed by atoms with Gasteiger partial charge in [-0.2, -0.15) is 0 Å². The molecule has 7 nitrogen and oxygen atoms in total. The van der Waals surface area contributed by atoms with Gasteiger partial charge in [-0.3, -0.25) is 14.6 Å². The lowest BCUT2D eigenvalue weighted by Gasteiger charge is -2.36. The molecule has 0 aromatic carbocycles. The van der Waals surface area contributed by atoms with Crippen molar-refractivity contribution < 1.29 is 9.90 Å². The molecule has 3 heterocycles. The lowest BCUT2D eigenvalue weighted by molar-refractivity contribution is -0.123. The van der Waals surface area contributed by atoms with Crippen LogP contribution in [0.3, 0.4) is 0 Å². The smallest absolute Gasteiger partial charge is 0.234 e. The van der Waals surface area contributed by atoms with Crippen LogP contribution in [0.15, 0.2) is 24.4 Å². The summed E-state index contributed by atoms with van der Waals surface area (Å²) in [6.07, 6.45) is 3.91. The molecule has 0 spiro atoms. The van der Waals surface area contributed by atoms with Gasteiger partial charge >= 0.3 is 0 Å².